The zero-order valence-electron chi connectivity index (χ0n) is 19.2. The highest BCUT2D eigenvalue weighted by Gasteiger charge is 2.32. The van der Waals surface area contributed by atoms with Crippen molar-refractivity contribution in [1.29, 1.82) is 0 Å². The van der Waals surface area contributed by atoms with E-state index in [1.807, 2.05) is 42.5 Å². The molecule has 1 aliphatic rings. The zero-order valence-corrected chi connectivity index (χ0v) is 20.8. The second-order valence-corrected chi connectivity index (χ2v) is 9.96. The first-order valence-electron chi connectivity index (χ1n) is 10.9. The highest BCUT2D eigenvalue weighted by molar-refractivity contribution is 7.90. The lowest BCUT2D eigenvalue weighted by atomic mass is 9.91. The molecule has 0 saturated carbocycles. The van der Waals surface area contributed by atoms with Crippen molar-refractivity contribution in [3.8, 4) is 5.75 Å². The SMILES string of the molecule is CN=C(NS(=O)(=O)c1ccc(OCC(=O)O)cc1)N1CC(c2ccccc2)C(c2ccc(Cl)cc2)=N1. The van der Waals surface area contributed by atoms with E-state index in [1.54, 1.807) is 12.1 Å². The zero-order chi connectivity index (χ0) is 25.7. The van der Waals surface area contributed by atoms with Crippen molar-refractivity contribution < 1.29 is 23.1 Å². The molecule has 11 heteroatoms. The first-order valence-corrected chi connectivity index (χ1v) is 12.7. The highest BCUT2D eigenvalue weighted by atomic mass is 35.5. The maximum Gasteiger partial charge on any atom is 0.341 e. The van der Waals surface area contributed by atoms with Gasteiger partial charge in [0, 0.05) is 18.0 Å². The van der Waals surface area contributed by atoms with Crippen LogP contribution in [-0.2, 0) is 14.8 Å². The third-order valence-electron chi connectivity index (χ3n) is 5.43. The molecule has 1 heterocycles. The maximum absolute atomic E-state index is 13.1. The van der Waals surface area contributed by atoms with Crippen molar-refractivity contribution >= 4 is 39.3 Å². The molecule has 9 nitrogen and oxygen atoms in total. The summed E-state index contributed by atoms with van der Waals surface area (Å²) in [6.45, 7) is -0.151. The molecule has 0 spiro atoms. The summed E-state index contributed by atoms with van der Waals surface area (Å²) in [4.78, 5) is 14.8. The fourth-order valence-electron chi connectivity index (χ4n) is 3.71. The number of sulfonamides is 1. The number of halogens is 1. The van der Waals surface area contributed by atoms with Crippen LogP contribution < -0.4 is 9.46 Å². The van der Waals surface area contributed by atoms with Crippen molar-refractivity contribution in [3.05, 3.63) is 95.0 Å². The first kappa shape index (κ1) is 25.2. The number of carbonyl (C=O) groups is 1. The summed E-state index contributed by atoms with van der Waals surface area (Å²) in [6, 6.07) is 22.6. The van der Waals surface area contributed by atoms with Gasteiger partial charge in [0.15, 0.2) is 6.61 Å². The lowest BCUT2D eigenvalue weighted by Crippen LogP contribution is -2.41. The number of guanidine groups is 1. The Kier molecular flexibility index (Phi) is 7.56. The Hall–Kier alpha value is -3.89. The summed E-state index contributed by atoms with van der Waals surface area (Å²) in [6.07, 6.45) is 0. The normalized spacial score (nSPS) is 15.9. The van der Waals surface area contributed by atoms with Gasteiger partial charge >= 0.3 is 5.97 Å². The number of nitrogens with zero attached hydrogens (tertiary/aromatic N) is 3. The Morgan fingerprint density at radius 2 is 1.78 bits per heavy atom. The molecule has 36 heavy (non-hydrogen) atoms. The van der Waals surface area contributed by atoms with Gasteiger partial charge in [0.05, 0.1) is 17.2 Å². The summed E-state index contributed by atoms with van der Waals surface area (Å²) in [5.41, 5.74) is 2.66. The van der Waals surface area contributed by atoms with Gasteiger partial charge < -0.3 is 9.84 Å². The number of hydrazone groups is 1. The summed E-state index contributed by atoms with van der Waals surface area (Å²) >= 11 is 6.07. The van der Waals surface area contributed by atoms with E-state index in [9.17, 15) is 13.2 Å². The van der Waals surface area contributed by atoms with E-state index in [2.05, 4.69) is 9.71 Å². The number of benzene rings is 3. The molecule has 0 aliphatic carbocycles. The second-order valence-electron chi connectivity index (χ2n) is 7.84. The Labute approximate surface area is 213 Å². The quantitative estimate of drug-likeness (QED) is 0.358. The first-order chi connectivity index (χ1) is 17.3. The van der Waals surface area contributed by atoms with Crippen LogP contribution in [0.25, 0.3) is 0 Å². The van der Waals surface area contributed by atoms with E-state index in [0.717, 1.165) is 16.8 Å². The van der Waals surface area contributed by atoms with Crippen molar-refractivity contribution in [1.82, 2.24) is 9.73 Å². The molecule has 0 amide bonds. The molecule has 1 aliphatic heterocycles. The number of aliphatic carboxylic acids is 1. The topological polar surface area (TPSA) is 121 Å². The van der Waals surface area contributed by atoms with Gasteiger partial charge in [-0.25, -0.2) is 22.9 Å². The molecule has 2 N–H and O–H groups in total. The van der Waals surface area contributed by atoms with E-state index >= 15 is 0 Å². The number of ether oxygens (including phenoxy) is 1. The minimum Gasteiger partial charge on any atom is -0.482 e. The smallest absolute Gasteiger partial charge is 0.341 e. The lowest BCUT2D eigenvalue weighted by molar-refractivity contribution is -0.139. The molecule has 1 unspecified atom stereocenters. The Morgan fingerprint density at radius 3 is 2.39 bits per heavy atom. The van der Waals surface area contributed by atoms with Gasteiger partial charge in [0.2, 0.25) is 5.96 Å². The Morgan fingerprint density at radius 1 is 1.11 bits per heavy atom. The van der Waals surface area contributed by atoms with Gasteiger partial charge in [0.25, 0.3) is 10.0 Å². The van der Waals surface area contributed by atoms with Gasteiger partial charge in [-0.15, -0.1) is 0 Å². The van der Waals surface area contributed by atoms with E-state index in [0.29, 0.717) is 11.6 Å². The summed E-state index contributed by atoms with van der Waals surface area (Å²) in [5.74, 6) is -0.955. The fourth-order valence-corrected chi connectivity index (χ4v) is 4.89. The second kappa shape index (κ2) is 10.8. The molecule has 0 radical (unpaired) electrons. The minimum absolute atomic E-state index is 0.0352. The largest absolute Gasteiger partial charge is 0.482 e. The number of carboxylic acid groups (broad SMARTS) is 1. The number of nitrogens with one attached hydrogen (secondary N) is 1. The van der Waals surface area contributed by atoms with E-state index in [1.165, 1.54) is 36.3 Å². The molecular formula is C25H23ClN4O5S. The fraction of sp³-hybridized carbons (Fsp3) is 0.160. The molecule has 0 saturated heterocycles. The van der Waals surface area contributed by atoms with Crippen LogP contribution in [-0.4, -0.2) is 56.4 Å². The maximum atomic E-state index is 13.1. The standard InChI is InChI=1S/C25H23ClN4O5S/c1-27-25(29-36(33,34)21-13-11-20(12-14-21)35-16-23(31)32)30-15-22(17-5-3-2-4-6-17)24(28-30)18-7-9-19(26)10-8-18/h2-14,22H,15-16H2,1H3,(H,27,29)(H,31,32). The third kappa shape index (κ3) is 5.84. The molecule has 0 aromatic heterocycles. The molecule has 186 valence electrons. The van der Waals surface area contributed by atoms with Gasteiger partial charge in [-0.3, -0.25) is 4.99 Å². The van der Waals surface area contributed by atoms with Gasteiger partial charge in [0.1, 0.15) is 5.75 Å². The van der Waals surface area contributed by atoms with E-state index < -0.39 is 22.6 Å². The highest BCUT2D eigenvalue weighted by Crippen LogP contribution is 2.29. The molecule has 4 rings (SSSR count). The van der Waals surface area contributed by atoms with E-state index in [-0.39, 0.29) is 22.5 Å². The van der Waals surface area contributed by atoms with Crippen LogP contribution in [0.15, 0.2) is 93.9 Å². The predicted octanol–water partition coefficient (Wildman–Crippen LogP) is 3.57. The minimum atomic E-state index is -4.01. The molecule has 1 atom stereocenters. The van der Waals surface area contributed by atoms with Crippen molar-refractivity contribution in [2.24, 2.45) is 10.1 Å². The molecule has 0 fully saturated rings. The average Bonchev–Trinajstić information content (AvgIpc) is 3.32. The number of aliphatic imine (C=N–C) groups is 1. The van der Waals surface area contributed by atoms with Gasteiger partial charge in [-0.1, -0.05) is 54.1 Å². The van der Waals surface area contributed by atoms with Gasteiger partial charge in [-0.05, 0) is 47.5 Å². The molecular weight excluding hydrogens is 504 g/mol. The van der Waals surface area contributed by atoms with Crippen LogP contribution in [0.2, 0.25) is 5.02 Å². The number of hydrogen-bond acceptors (Lipinski definition) is 6. The summed E-state index contributed by atoms with van der Waals surface area (Å²) in [5, 5.41) is 15.6. The van der Waals surface area contributed by atoms with Crippen LogP contribution in [0.5, 0.6) is 5.75 Å². The molecule has 3 aromatic rings. The van der Waals surface area contributed by atoms with Crippen molar-refractivity contribution in [2.45, 2.75) is 10.8 Å². The monoisotopic (exact) mass is 526 g/mol. The van der Waals surface area contributed by atoms with Crippen LogP contribution >= 0.6 is 11.6 Å². The van der Waals surface area contributed by atoms with Crippen molar-refractivity contribution in [2.75, 3.05) is 20.2 Å². The summed E-state index contributed by atoms with van der Waals surface area (Å²) in [7, 11) is -2.53. The van der Waals surface area contributed by atoms with Gasteiger partial charge in [-0.2, -0.15) is 5.10 Å². The number of rotatable bonds is 7. The number of carboxylic acids is 1. The summed E-state index contributed by atoms with van der Waals surface area (Å²) < 4.78 is 33.7. The van der Waals surface area contributed by atoms with Crippen LogP contribution in [0, 0.1) is 0 Å². The Balaban J connectivity index is 1.58. The van der Waals surface area contributed by atoms with Crippen LogP contribution in [0.1, 0.15) is 17.0 Å². The predicted molar refractivity (Wildman–Crippen MR) is 137 cm³/mol. The third-order valence-corrected chi connectivity index (χ3v) is 7.03. The van der Waals surface area contributed by atoms with Crippen LogP contribution in [0.3, 0.4) is 0 Å². The Bertz CT molecular complexity index is 1390. The lowest BCUT2D eigenvalue weighted by Gasteiger charge is -2.19. The van der Waals surface area contributed by atoms with E-state index in [4.69, 9.17) is 26.5 Å². The van der Waals surface area contributed by atoms with Crippen molar-refractivity contribution in [3.63, 3.8) is 0 Å². The molecule has 3 aromatic carbocycles. The molecule has 0 bridgehead atoms. The number of hydrogen-bond donors (Lipinski definition) is 2. The average molecular weight is 527 g/mol. The van der Waals surface area contributed by atoms with Crippen LogP contribution in [0.4, 0.5) is 0 Å².